The van der Waals surface area contributed by atoms with Gasteiger partial charge in [0.15, 0.2) is 11.6 Å². The van der Waals surface area contributed by atoms with Gasteiger partial charge in [0.25, 0.3) is 0 Å². The molecule has 0 aliphatic heterocycles. The number of ether oxygens (including phenoxy) is 1. The Morgan fingerprint density at radius 1 is 1.42 bits per heavy atom. The monoisotopic (exact) mass is 262 g/mol. The maximum absolute atomic E-state index is 13.6. The Labute approximate surface area is 110 Å². The molecule has 2 aromatic rings. The highest BCUT2D eigenvalue weighted by Crippen LogP contribution is 2.19. The van der Waals surface area contributed by atoms with Crippen LogP contribution in [0.5, 0.6) is 5.75 Å². The van der Waals surface area contributed by atoms with Crippen molar-refractivity contribution in [2.45, 2.75) is 20.0 Å². The van der Waals surface area contributed by atoms with Crippen LogP contribution in [0.15, 0.2) is 24.3 Å². The number of hydrogen-bond acceptors (Lipinski definition) is 3. The number of hydrogen-bond donors (Lipinski definition) is 0. The average Bonchev–Trinajstić information content (AvgIpc) is 2.78. The van der Waals surface area contributed by atoms with Crippen molar-refractivity contribution in [1.29, 1.82) is 0 Å². The number of halogens is 1. The Balaban J connectivity index is 2.09. The number of rotatable bonds is 5. The van der Waals surface area contributed by atoms with Gasteiger partial charge < -0.3 is 4.74 Å². The number of benzene rings is 1. The largest absolute Gasteiger partial charge is 0.484 e. The van der Waals surface area contributed by atoms with Gasteiger partial charge in [-0.25, -0.2) is 4.39 Å². The van der Waals surface area contributed by atoms with Gasteiger partial charge in [0.1, 0.15) is 12.9 Å². The van der Waals surface area contributed by atoms with Crippen LogP contribution in [0.3, 0.4) is 0 Å². The molecular weight excluding hydrogens is 247 g/mol. The minimum absolute atomic E-state index is 0.129. The van der Waals surface area contributed by atoms with E-state index in [0.717, 1.165) is 23.9 Å². The normalized spacial score (nSPS) is 10.5. The second kappa shape index (κ2) is 5.65. The van der Waals surface area contributed by atoms with Crippen molar-refractivity contribution >= 4 is 6.29 Å². The molecule has 1 aromatic carbocycles. The Hall–Kier alpha value is -2.17. The third kappa shape index (κ3) is 2.99. The smallest absolute Gasteiger partial charge is 0.165 e. The van der Waals surface area contributed by atoms with Crippen LogP contribution in [0.2, 0.25) is 0 Å². The third-order valence-corrected chi connectivity index (χ3v) is 2.86. The maximum Gasteiger partial charge on any atom is 0.165 e. The highest BCUT2D eigenvalue weighted by molar-refractivity contribution is 5.74. The van der Waals surface area contributed by atoms with E-state index >= 15 is 0 Å². The second-order valence-corrected chi connectivity index (χ2v) is 4.20. The van der Waals surface area contributed by atoms with Crippen molar-refractivity contribution in [3.63, 3.8) is 0 Å². The fourth-order valence-corrected chi connectivity index (χ4v) is 1.74. The van der Waals surface area contributed by atoms with Gasteiger partial charge in [-0.2, -0.15) is 5.10 Å². The summed E-state index contributed by atoms with van der Waals surface area (Å²) in [6, 6.07) is 6.06. The molecule has 2 rings (SSSR count). The molecule has 4 nitrogen and oxygen atoms in total. The van der Waals surface area contributed by atoms with Crippen LogP contribution >= 0.6 is 0 Å². The maximum atomic E-state index is 13.6. The van der Waals surface area contributed by atoms with Crippen LogP contribution in [0.4, 0.5) is 4.39 Å². The number of aryl methyl sites for hydroxylation is 2. The van der Waals surface area contributed by atoms with E-state index in [0.29, 0.717) is 11.8 Å². The highest BCUT2D eigenvalue weighted by Gasteiger charge is 2.08. The lowest BCUT2D eigenvalue weighted by atomic mass is 10.2. The van der Waals surface area contributed by atoms with Crippen molar-refractivity contribution in [1.82, 2.24) is 9.78 Å². The van der Waals surface area contributed by atoms with E-state index in [-0.39, 0.29) is 12.4 Å². The van der Waals surface area contributed by atoms with Crippen molar-refractivity contribution in [3.05, 3.63) is 47.0 Å². The molecule has 1 aromatic heterocycles. The first-order valence-electron chi connectivity index (χ1n) is 6.03. The quantitative estimate of drug-likeness (QED) is 0.778. The first-order valence-corrected chi connectivity index (χ1v) is 6.03. The summed E-state index contributed by atoms with van der Waals surface area (Å²) in [6.45, 7) is 2.26. The van der Waals surface area contributed by atoms with E-state index < -0.39 is 5.82 Å². The predicted molar refractivity (Wildman–Crippen MR) is 68.7 cm³/mol. The van der Waals surface area contributed by atoms with E-state index in [1.165, 1.54) is 12.1 Å². The summed E-state index contributed by atoms with van der Waals surface area (Å²) in [4.78, 5) is 10.5. The average molecular weight is 262 g/mol. The Kier molecular flexibility index (Phi) is 3.94. The van der Waals surface area contributed by atoms with Gasteiger partial charge in [0.2, 0.25) is 0 Å². The molecule has 0 unspecified atom stereocenters. The van der Waals surface area contributed by atoms with Gasteiger partial charge in [-0.1, -0.05) is 6.92 Å². The molecule has 100 valence electrons. The van der Waals surface area contributed by atoms with Crippen LogP contribution in [0.25, 0.3) is 0 Å². The Bertz CT molecular complexity index is 593. The fourth-order valence-electron chi connectivity index (χ4n) is 1.74. The molecule has 0 aliphatic carbocycles. The zero-order valence-electron chi connectivity index (χ0n) is 10.9. The lowest BCUT2D eigenvalue weighted by Crippen LogP contribution is -2.04. The van der Waals surface area contributed by atoms with E-state index in [1.54, 1.807) is 4.68 Å². The SMILES string of the molecule is CCc1cc(COc2ccc(C=O)cc2F)n(C)n1. The van der Waals surface area contributed by atoms with E-state index in [1.807, 2.05) is 20.0 Å². The molecule has 0 saturated heterocycles. The minimum atomic E-state index is -0.539. The molecule has 0 amide bonds. The van der Waals surface area contributed by atoms with Crippen molar-refractivity contribution in [3.8, 4) is 5.75 Å². The molecule has 0 fully saturated rings. The zero-order valence-corrected chi connectivity index (χ0v) is 10.9. The van der Waals surface area contributed by atoms with Crippen molar-refractivity contribution in [2.75, 3.05) is 0 Å². The second-order valence-electron chi connectivity index (χ2n) is 4.20. The summed E-state index contributed by atoms with van der Waals surface area (Å²) in [5.74, 6) is -0.410. The summed E-state index contributed by atoms with van der Waals surface area (Å²) < 4.78 is 20.7. The molecule has 0 N–H and O–H groups in total. The number of nitrogens with zero attached hydrogens (tertiary/aromatic N) is 2. The van der Waals surface area contributed by atoms with Crippen LogP contribution in [0.1, 0.15) is 28.7 Å². The Morgan fingerprint density at radius 3 is 2.79 bits per heavy atom. The number of aldehydes is 1. The summed E-state index contributed by atoms with van der Waals surface area (Å²) >= 11 is 0. The van der Waals surface area contributed by atoms with Crippen molar-refractivity contribution in [2.24, 2.45) is 7.05 Å². The molecular formula is C14H15FN2O2. The molecule has 0 atom stereocenters. The van der Waals surface area contributed by atoms with Crippen LogP contribution in [0, 0.1) is 5.82 Å². The van der Waals surface area contributed by atoms with Crippen LogP contribution < -0.4 is 4.74 Å². The van der Waals surface area contributed by atoms with Crippen LogP contribution in [-0.2, 0) is 20.1 Å². The summed E-state index contributed by atoms with van der Waals surface area (Å²) in [5, 5.41) is 4.29. The standard InChI is InChI=1S/C14H15FN2O2/c1-3-11-7-12(17(2)16-11)9-19-14-5-4-10(8-18)6-13(14)15/h4-8H,3,9H2,1-2H3. The minimum Gasteiger partial charge on any atom is -0.484 e. The zero-order chi connectivity index (χ0) is 13.8. The molecule has 0 radical (unpaired) electrons. The van der Waals surface area contributed by atoms with Crippen LogP contribution in [-0.4, -0.2) is 16.1 Å². The third-order valence-electron chi connectivity index (χ3n) is 2.86. The summed E-state index contributed by atoms with van der Waals surface area (Å²) in [7, 11) is 1.82. The lowest BCUT2D eigenvalue weighted by molar-refractivity contribution is 0.112. The molecule has 19 heavy (non-hydrogen) atoms. The van der Waals surface area contributed by atoms with E-state index in [9.17, 15) is 9.18 Å². The number of carbonyl (C=O) groups is 1. The molecule has 0 saturated carbocycles. The number of carbonyl (C=O) groups excluding carboxylic acids is 1. The van der Waals surface area contributed by atoms with Gasteiger partial charge >= 0.3 is 0 Å². The van der Waals surface area contributed by atoms with E-state index in [4.69, 9.17) is 4.74 Å². The highest BCUT2D eigenvalue weighted by atomic mass is 19.1. The molecule has 0 bridgehead atoms. The number of aromatic nitrogens is 2. The van der Waals surface area contributed by atoms with Gasteiger partial charge in [-0.15, -0.1) is 0 Å². The Morgan fingerprint density at radius 2 is 2.21 bits per heavy atom. The predicted octanol–water partition coefficient (Wildman–Crippen LogP) is 2.51. The topological polar surface area (TPSA) is 44.1 Å². The lowest BCUT2D eigenvalue weighted by Gasteiger charge is -2.07. The van der Waals surface area contributed by atoms with Crippen molar-refractivity contribution < 1.29 is 13.9 Å². The van der Waals surface area contributed by atoms with Gasteiger partial charge in [0.05, 0.1) is 11.4 Å². The molecule has 5 heteroatoms. The molecule has 1 heterocycles. The summed E-state index contributed by atoms with van der Waals surface area (Å²) in [6.07, 6.45) is 1.44. The van der Waals surface area contributed by atoms with Gasteiger partial charge in [0, 0.05) is 12.6 Å². The first kappa shape index (κ1) is 13.3. The molecule has 0 aliphatic rings. The van der Waals surface area contributed by atoms with Gasteiger partial charge in [-0.05, 0) is 30.7 Å². The fraction of sp³-hybridized carbons (Fsp3) is 0.286. The first-order chi connectivity index (χ1) is 9.13. The van der Waals surface area contributed by atoms with Gasteiger partial charge in [-0.3, -0.25) is 9.48 Å². The summed E-state index contributed by atoms with van der Waals surface area (Å²) in [5.41, 5.74) is 2.13. The van der Waals surface area contributed by atoms with E-state index in [2.05, 4.69) is 5.10 Å². The molecule has 0 spiro atoms.